The molecule has 0 unspecified atom stereocenters. The van der Waals surface area contributed by atoms with Crippen LogP contribution in [0.25, 0.3) is 0 Å². The molecule has 0 aliphatic heterocycles. The van der Waals surface area contributed by atoms with Gasteiger partial charge in [0.05, 0.1) is 12.8 Å². The van der Waals surface area contributed by atoms with Gasteiger partial charge in [-0.05, 0) is 6.92 Å². The second-order valence-corrected chi connectivity index (χ2v) is 4.30. The second kappa shape index (κ2) is 5.72. The minimum atomic E-state index is -2.84. The normalized spacial score (nSPS) is 11.9. The van der Waals surface area contributed by atoms with Crippen LogP contribution in [0.1, 0.15) is 6.92 Å². The minimum absolute atomic E-state index is 0.313. The SMILES string of the molecule is CCOCCP(=O)(OC)OC. The summed E-state index contributed by atoms with van der Waals surface area (Å²) in [6, 6.07) is 0. The molecule has 0 bridgehead atoms. The van der Waals surface area contributed by atoms with Gasteiger partial charge >= 0.3 is 7.60 Å². The third-order valence-corrected chi connectivity index (χ3v) is 3.11. The summed E-state index contributed by atoms with van der Waals surface area (Å²) in [5.74, 6) is 0. The largest absolute Gasteiger partial charge is 0.381 e. The topological polar surface area (TPSA) is 44.8 Å². The molecule has 0 aromatic rings. The van der Waals surface area contributed by atoms with E-state index in [9.17, 15) is 4.57 Å². The molecule has 0 fully saturated rings. The first-order valence-corrected chi connectivity index (χ1v) is 5.19. The van der Waals surface area contributed by atoms with Crippen molar-refractivity contribution in [1.29, 1.82) is 0 Å². The zero-order valence-electron chi connectivity index (χ0n) is 7.20. The summed E-state index contributed by atoms with van der Waals surface area (Å²) < 4.78 is 25.7. The van der Waals surface area contributed by atoms with Crippen LogP contribution < -0.4 is 0 Å². The molecule has 68 valence electrons. The van der Waals surface area contributed by atoms with Crippen LogP contribution in [-0.2, 0) is 18.3 Å². The number of hydrogen-bond acceptors (Lipinski definition) is 4. The molecule has 0 saturated carbocycles. The lowest BCUT2D eigenvalue weighted by molar-refractivity contribution is 0.156. The van der Waals surface area contributed by atoms with Gasteiger partial charge in [-0.3, -0.25) is 4.57 Å². The van der Waals surface area contributed by atoms with Crippen molar-refractivity contribution in [3.63, 3.8) is 0 Å². The average Bonchev–Trinajstić information content (AvgIpc) is 2.05. The smallest absolute Gasteiger partial charge is 0.332 e. The van der Waals surface area contributed by atoms with Crippen molar-refractivity contribution in [3.05, 3.63) is 0 Å². The summed E-state index contributed by atoms with van der Waals surface area (Å²) >= 11 is 0. The first kappa shape index (κ1) is 11.1. The van der Waals surface area contributed by atoms with E-state index in [2.05, 4.69) is 9.05 Å². The van der Waals surface area contributed by atoms with Gasteiger partial charge in [0.2, 0.25) is 0 Å². The highest BCUT2D eigenvalue weighted by Gasteiger charge is 2.19. The fourth-order valence-electron chi connectivity index (χ4n) is 0.578. The van der Waals surface area contributed by atoms with E-state index in [1.807, 2.05) is 6.92 Å². The zero-order chi connectivity index (χ0) is 8.74. The van der Waals surface area contributed by atoms with Gasteiger partial charge in [0.1, 0.15) is 0 Å². The fraction of sp³-hybridized carbons (Fsp3) is 1.00. The molecule has 0 aliphatic carbocycles. The van der Waals surface area contributed by atoms with Crippen LogP contribution in [0.15, 0.2) is 0 Å². The van der Waals surface area contributed by atoms with Crippen LogP contribution in [0.2, 0.25) is 0 Å². The number of ether oxygens (including phenoxy) is 1. The van der Waals surface area contributed by atoms with Gasteiger partial charge in [-0.15, -0.1) is 0 Å². The van der Waals surface area contributed by atoms with Gasteiger partial charge in [0.15, 0.2) is 0 Å². The van der Waals surface area contributed by atoms with E-state index < -0.39 is 7.60 Å². The molecule has 0 rings (SSSR count). The fourth-order valence-corrected chi connectivity index (χ4v) is 1.44. The Balaban J connectivity index is 3.61. The van der Waals surface area contributed by atoms with Gasteiger partial charge < -0.3 is 13.8 Å². The molecular weight excluding hydrogens is 167 g/mol. The molecule has 0 spiro atoms. The minimum Gasteiger partial charge on any atom is -0.381 e. The number of rotatable bonds is 6. The van der Waals surface area contributed by atoms with E-state index in [4.69, 9.17) is 4.74 Å². The van der Waals surface area contributed by atoms with E-state index in [0.717, 1.165) is 0 Å². The highest BCUT2D eigenvalue weighted by molar-refractivity contribution is 7.53. The molecule has 4 nitrogen and oxygen atoms in total. The maximum absolute atomic E-state index is 11.3. The van der Waals surface area contributed by atoms with Gasteiger partial charge in [-0.1, -0.05) is 0 Å². The second-order valence-electron chi connectivity index (χ2n) is 1.90. The lowest BCUT2D eigenvalue weighted by Gasteiger charge is -2.12. The monoisotopic (exact) mass is 182 g/mol. The van der Waals surface area contributed by atoms with Crippen LogP contribution in [0, 0.1) is 0 Å². The molecule has 11 heavy (non-hydrogen) atoms. The lowest BCUT2D eigenvalue weighted by Crippen LogP contribution is -2.03. The number of hydrogen-bond donors (Lipinski definition) is 0. The van der Waals surface area contributed by atoms with Crippen molar-refractivity contribution in [2.24, 2.45) is 0 Å². The van der Waals surface area contributed by atoms with Crippen molar-refractivity contribution >= 4 is 7.60 Å². The van der Waals surface area contributed by atoms with Crippen molar-refractivity contribution in [2.45, 2.75) is 6.92 Å². The zero-order valence-corrected chi connectivity index (χ0v) is 8.10. The van der Waals surface area contributed by atoms with E-state index in [1.165, 1.54) is 14.2 Å². The van der Waals surface area contributed by atoms with E-state index in [1.54, 1.807) is 0 Å². The third-order valence-electron chi connectivity index (χ3n) is 1.27. The summed E-state index contributed by atoms with van der Waals surface area (Å²) in [5.41, 5.74) is 0. The summed E-state index contributed by atoms with van der Waals surface area (Å²) in [6.07, 6.45) is 0.313. The van der Waals surface area contributed by atoms with Crippen molar-refractivity contribution < 1.29 is 18.3 Å². The Hall–Kier alpha value is 0.110. The Morgan fingerprint density at radius 1 is 1.27 bits per heavy atom. The Bertz CT molecular complexity index is 129. The van der Waals surface area contributed by atoms with Crippen LogP contribution in [0.5, 0.6) is 0 Å². The van der Waals surface area contributed by atoms with E-state index in [0.29, 0.717) is 19.4 Å². The standard InChI is InChI=1S/C6H15O4P/c1-4-10-5-6-11(7,8-2)9-3/h4-6H2,1-3H3. The first-order chi connectivity index (χ1) is 5.18. The van der Waals surface area contributed by atoms with E-state index in [-0.39, 0.29) is 0 Å². The molecule has 0 radical (unpaired) electrons. The molecule has 0 aliphatic rings. The molecule has 0 aromatic carbocycles. The third kappa shape index (κ3) is 4.53. The van der Waals surface area contributed by atoms with Crippen LogP contribution in [0.4, 0.5) is 0 Å². The molecule has 0 atom stereocenters. The summed E-state index contributed by atoms with van der Waals surface area (Å²) in [4.78, 5) is 0. The maximum Gasteiger partial charge on any atom is 0.332 e. The quantitative estimate of drug-likeness (QED) is 0.461. The molecule has 0 N–H and O–H groups in total. The van der Waals surface area contributed by atoms with Crippen molar-refractivity contribution in [2.75, 3.05) is 33.6 Å². The highest BCUT2D eigenvalue weighted by atomic mass is 31.2. The van der Waals surface area contributed by atoms with Crippen LogP contribution in [-0.4, -0.2) is 33.6 Å². The Morgan fingerprint density at radius 3 is 2.18 bits per heavy atom. The predicted molar refractivity (Wildman–Crippen MR) is 43.0 cm³/mol. The van der Waals surface area contributed by atoms with Crippen molar-refractivity contribution in [1.82, 2.24) is 0 Å². The van der Waals surface area contributed by atoms with Gasteiger partial charge in [-0.25, -0.2) is 0 Å². The average molecular weight is 182 g/mol. The van der Waals surface area contributed by atoms with E-state index >= 15 is 0 Å². The Kier molecular flexibility index (Phi) is 5.78. The lowest BCUT2D eigenvalue weighted by atomic mass is 10.8. The first-order valence-electron chi connectivity index (χ1n) is 3.46. The predicted octanol–water partition coefficient (Wildman–Crippen LogP) is 1.51. The molecular formula is C6H15O4P. The highest BCUT2D eigenvalue weighted by Crippen LogP contribution is 2.45. The Morgan fingerprint density at radius 2 is 1.82 bits per heavy atom. The van der Waals surface area contributed by atoms with Gasteiger partial charge in [0.25, 0.3) is 0 Å². The van der Waals surface area contributed by atoms with Gasteiger partial charge in [0, 0.05) is 20.8 Å². The maximum atomic E-state index is 11.3. The summed E-state index contributed by atoms with van der Waals surface area (Å²) in [6.45, 7) is 2.91. The Labute approximate surface area is 67.4 Å². The van der Waals surface area contributed by atoms with Gasteiger partial charge in [-0.2, -0.15) is 0 Å². The summed E-state index contributed by atoms with van der Waals surface area (Å²) in [5, 5.41) is 0. The molecule has 5 heteroatoms. The summed E-state index contributed by atoms with van der Waals surface area (Å²) in [7, 11) is -0.0933. The molecule has 0 amide bonds. The van der Waals surface area contributed by atoms with Crippen LogP contribution >= 0.6 is 7.60 Å². The molecule has 0 heterocycles. The van der Waals surface area contributed by atoms with Crippen LogP contribution in [0.3, 0.4) is 0 Å². The van der Waals surface area contributed by atoms with Crippen molar-refractivity contribution in [3.8, 4) is 0 Å². The molecule has 0 saturated heterocycles. The molecule has 0 aromatic heterocycles.